The van der Waals surface area contributed by atoms with Gasteiger partial charge in [-0.05, 0) is 47.9 Å². The van der Waals surface area contributed by atoms with Crippen molar-refractivity contribution in [3.05, 3.63) is 59.2 Å². The maximum atomic E-state index is 12.2. The smallest absolute Gasteiger partial charge is 0.261 e. The number of rotatable bonds is 7. The fraction of sp³-hybridized carbons (Fsp3) is 0.200. The molecule has 0 fully saturated rings. The molecule has 0 spiro atoms. The summed E-state index contributed by atoms with van der Waals surface area (Å²) < 4.78 is 10.4. The lowest BCUT2D eigenvalue weighted by Gasteiger charge is -2.10. The van der Waals surface area contributed by atoms with Crippen LogP contribution < -0.4 is 14.8 Å². The van der Waals surface area contributed by atoms with Crippen LogP contribution in [-0.2, 0) is 11.2 Å². The first-order chi connectivity index (χ1) is 12.6. The summed E-state index contributed by atoms with van der Waals surface area (Å²) in [6.45, 7) is 0.368. The topological polar surface area (TPSA) is 91.6 Å². The van der Waals surface area contributed by atoms with Crippen molar-refractivity contribution in [2.75, 3.05) is 20.8 Å². The van der Waals surface area contributed by atoms with E-state index in [2.05, 4.69) is 5.32 Å². The van der Waals surface area contributed by atoms with Gasteiger partial charge in [0.25, 0.3) is 5.91 Å². The Bertz CT molecular complexity index is 853. The Morgan fingerprint density at radius 1 is 1.19 bits per heavy atom. The summed E-state index contributed by atoms with van der Waals surface area (Å²) in [5.41, 5.74) is 1.53. The fourth-order valence-electron chi connectivity index (χ4n) is 2.38. The normalized spacial score (nSPS) is 10.7. The number of carbonyl (C=O) groups excluding carboxylic acids is 1. The van der Waals surface area contributed by atoms with Gasteiger partial charge in [0.05, 0.1) is 14.2 Å². The second-order valence-corrected chi connectivity index (χ2v) is 5.46. The van der Waals surface area contributed by atoms with E-state index in [1.165, 1.54) is 18.2 Å². The van der Waals surface area contributed by atoms with Gasteiger partial charge in [-0.2, -0.15) is 5.26 Å². The Balaban J connectivity index is 1.98. The van der Waals surface area contributed by atoms with Gasteiger partial charge >= 0.3 is 0 Å². The number of methoxy groups -OCH3 is 2. The van der Waals surface area contributed by atoms with Crippen LogP contribution in [0.5, 0.6) is 17.2 Å². The minimum absolute atomic E-state index is 0.0251. The molecular weight excluding hydrogens is 332 g/mol. The monoisotopic (exact) mass is 352 g/mol. The summed E-state index contributed by atoms with van der Waals surface area (Å²) in [4.78, 5) is 12.2. The van der Waals surface area contributed by atoms with Crippen LogP contribution in [0.4, 0.5) is 0 Å². The summed E-state index contributed by atoms with van der Waals surface area (Å²) >= 11 is 0. The van der Waals surface area contributed by atoms with E-state index in [0.29, 0.717) is 30.0 Å². The number of hydrogen-bond donors (Lipinski definition) is 2. The third kappa shape index (κ3) is 5.02. The van der Waals surface area contributed by atoms with Crippen LogP contribution in [0.2, 0.25) is 0 Å². The molecule has 134 valence electrons. The van der Waals surface area contributed by atoms with Crippen molar-refractivity contribution in [3.63, 3.8) is 0 Å². The first-order valence-corrected chi connectivity index (χ1v) is 7.97. The van der Waals surface area contributed by atoms with Crippen LogP contribution in [0.3, 0.4) is 0 Å². The number of carbonyl (C=O) groups is 1. The van der Waals surface area contributed by atoms with Crippen molar-refractivity contribution in [3.8, 4) is 23.3 Å². The average Bonchev–Trinajstić information content (AvgIpc) is 2.65. The number of phenolic OH excluding ortho intramolecular Hbond substituents is 1. The van der Waals surface area contributed by atoms with Gasteiger partial charge in [-0.1, -0.05) is 18.2 Å². The quantitative estimate of drug-likeness (QED) is 0.590. The summed E-state index contributed by atoms with van der Waals surface area (Å²) in [6.07, 6.45) is 2.02. The van der Waals surface area contributed by atoms with Crippen LogP contribution in [-0.4, -0.2) is 31.8 Å². The lowest BCUT2D eigenvalue weighted by atomic mass is 10.1. The van der Waals surface area contributed by atoms with Crippen LogP contribution >= 0.6 is 0 Å². The molecule has 0 unspecified atom stereocenters. The van der Waals surface area contributed by atoms with E-state index in [1.807, 2.05) is 18.2 Å². The molecule has 6 nitrogen and oxygen atoms in total. The molecule has 2 rings (SSSR count). The number of nitrogens with zero attached hydrogens (tertiary/aromatic N) is 1. The Kier molecular flexibility index (Phi) is 6.63. The number of benzene rings is 2. The lowest BCUT2D eigenvalue weighted by Crippen LogP contribution is -2.26. The Morgan fingerprint density at radius 2 is 1.96 bits per heavy atom. The largest absolute Gasteiger partial charge is 0.508 e. The van der Waals surface area contributed by atoms with Gasteiger partial charge in [-0.25, -0.2) is 0 Å². The number of ether oxygens (including phenoxy) is 2. The molecule has 0 saturated heterocycles. The molecular formula is C20H20N2O4. The van der Waals surface area contributed by atoms with E-state index in [-0.39, 0.29) is 11.3 Å². The predicted octanol–water partition coefficient (Wildman–Crippen LogP) is 2.68. The molecule has 0 aromatic heterocycles. The Morgan fingerprint density at radius 3 is 2.62 bits per heavy atom. The van der Waals surface area contributed by atoms with E-state index < -0.39 is 5.91 Å². The van der Waals surface area contributed by atoms with Crippen LogP contribution in [0, 0.1) is 11.3 Å². The summed E-state index contributed by atoms with van der Waals surface area (Å²) in [7, 11) is 3.13. The first kappa shape index (κ1) is 18.9. The number of nitrogens with one attached hydrogen (secondary N) is 1. The zero-order valence-electron chi connectivity index (χ0n) is 14.7. The number of amides is 1. The van der Waals surface area contributed by atoms with Crippen molar-refractivity contribution < 1.29 is 19.4 Å². The Labute approximate surface area is 152 Å². The highest BCUT2D eigenvalue weighted by molar-refractivity contribution is 6.01. The molecule has 0 bridgehead atoms. The van der Waals surface area contributed by atoms with Gasteiger partial charge in [0.15, 0.2) is 11.5 Å². The van der Waals surface area contributed by atoms with E-state index >= 15 is 0 Å². The average molecular weight is 352 g/mol. The van der Waals surface area contributed by atoms with E-state index in [9.17, 15) is 15.2 Å². The second kappa shape index (κ2) is 9.14. The summed E-state index contributed by atoms with van der Waals surface area (Å²) in [5, 5.41) is 21.4. The third-order valence-electron chi connectivity index (χ3n) is 3.69. The molecule has 0 radical (unpaired) electrons. The maximum Gasteiger partial charge on any atom is 0.261 e. The number of hydrogen-bond acceptors (Lipinski definition) is 5. The van der Waals surface area contributed by atoms with Crippen molar-refractivity contribution in [2.45, 2.75) is 6.42 Å². The van der Waals surface area contributed by atoms with E-state index in [0.717, 1.165) is 5.56 Å². The predicted molar refractivity (Wildman–Crippen MR) is 98.0 cm³/mol. The third-order valence-corrected chi connectivity index (χ3v) is 3.69. The summed E-state index contributed by atoms with van der Waals surface area (Å²) in [5.74, 6) is 0.875. The molecule has 0 aliphatic rings. The molecule has 0 atom stereocenters. The highest BCUT2D eigenvalue weighted by Gasteiger charge is 2.09. The van der Waals surface area contributed by atoms with E-state index in [1.54, 1.807) is 32.4 Å². The van der Waals surface area contributed by atoms with Gasteiger partial charge in [0.2, 0.25) is 0 Å². The molecule has 26 heavy (non-hydrogen) atoms. The van der Waals surface area contributed by atoms with Crippen molar-refractivity contribution in [2.24, 2.45) is 0 Å². The number of nitriles is 1. The zero-order valence-corrected chi connectivity index (χ0v) is 14.7. The van der Waals surface area contributed by atoms with Gasteiger partial charge in [-0.3, -0.25) is 4.79 Å². The van der Waals surface area contributed by atoms with Crippen molar-refractivity contribution in [1.29, 1.82) is 5.26 Å². The molecule has 2 aromatic carbocycles. The second-order valence-electron chi connectivity index (χ2n) is 5.46. The summed E-state index contributed by atoms with van der Waals surface area (Å²) in [6, 6.07) is 13.8. The van der Waals surface area contributed by atoms with Gasteiger partial charge in [0.1, 0.15) is 17.4 Å². The molecule has 6 heteroatoms. The molecule has 2 N–H and O–H groups in total. The number of phenols is 1. The Hall–Kier alpha value is -3.46. The molecule has 0 heterocycles. The van der Waals surface area contributed by atoms with Crippen LogP contribution in [0.15, 0.2) is 48.0 Å². The first-order valence-electron chi connectivity index (χ1n) is 7.97. The van der Waals surface area contributed by atoms with E-state index in [4.69, 9.17) is 9.47 Å². The van der Waals surface area contributed by atoms with Crippen molar-refractivity contribution >= 4 is 12.0 Å². The van der Waals surface area contributed by atoms with Gasteiger partial charge < -0.3 is 19.9 Å². The SMILES string of the molecule is COc1ccc(CCNC(=O)/C(C#N)=C/c2cccc(O)c2)cc1OC. The highest BCUT2D eigenvalue weighted by atomic mass is 16.5. The standard InChI is InChI=1S/C20H20N2O4/c1-25-18-7-6-14(12-19(18)26-2)8-9-22-20(24)16(13-21)10-15-4-3-5-17(23)11-15/h3-7,10-12,23H,8-9H2,1-2H3,(H,22,24)/b16-10+. The molecule has 0 saturated carbocycles. The fourth-order valence-corrected chi connectivity index (χ4v) is 2.38. The molecule has 0 aliphatic carbocycles. The van der Waals surface area contributed by atoms with Crippen LogP contribution in [0.1, 0.15) is 11.1 Å². The minimum Gasteiger partial charge on any atom is -0.508 e. The minimum atomic E-state index is -0.462. The lowest BCUT2D eigenvalue weighted by molar-refractivity contribution is -0.117. The van der Waals surface area contributed by atoms with Crippen LogP contribution in [0.25, 0.3) is 6.08 Å². The molecule has 2 aromatic rings. The molecule has 1 amide bonds. The maximum absolute atomic E-state index is 12.2. The number of aromatic hydroxyl groups is 1. The van der Waals surface area contributed by atoms with Gasteiger partial charge in [0, 0.05) is 6.54 Å². The molecule has 0 aliphatic heterocycles. The van der Waals surface area contributed by atoms with Crippen molar-refractivity contribution in [1.82, 2.24) is 5.32 Å². The van der Waals surface area contributed by atoms with Gasteiger partial charge in [-0.15, -0.1) is 0 Å². The zero-order chi connectivity index (χ0) is 18.9. The highest BCUT2D eigenvalue weighted by Crippen LogP contribution is 2.27.